The summed E-state index contributed by atoms with van der Waals surface area (Å²) in [5.74, 6) is -0.107. The molecule has 2 aromatic rings. The zero-order chi connectivity index (χ0) is 17.5. The number of fused-ring (bicyclic) bond motifs is 1. The Kier molecular flexibility index (Phi) is 4.25. The van der Waals surface area contributed by atoms with Crippen molar-refractivity contribution in [1.82, 2.24) is 5.32 Å². The van der Waals surface area contributed by atoms with Gasteiger partial charge in [0.05, 0.1) is 10.5 Å². The topological polar surface area (TPSA) is 64.4 Å². The molecule has 3 rings (SSSR count). The van der Waals surface area contributed by atoms with Gasteiger partial charge in [-0.15, -0.1) is 0 Å². The number of ether oxygens (including phenoxy) is 1. The van der Waals surface area contributed by atoms with E-state index in [1.165, 1.54) is 12.1 Å². The average Bonchev–Trinajstić information content (AvgIpc) is 2.50. The lowest BCUT2D eigenvalue weighted by Gasteiger charge is -2.38. The molecule has 0 aromatic heterocycles. The minimum absolute atomic E-state index is 0.258. The third kappa shape index (κ3) is 3.38. The third-order valence-electron chi connectivity index (χ3n) is 3.98. The van der Waals surface area contributed by atoms with Crippen LogP contribution in [-0.2, 0) is 0 Å². The number of hydrogen-bond acceptors (Lipinski definition) is 3. The number of halogens is 2. The SMILES string of the molecule is CC1(C)CC(NC(=O)c2ccc(Br)c(F)c2)c2cc(N)ccc2O1. The maximum absolute atomic E-state index is 13.7. The van der Waals surface area contributed by atoms with Crippen molar-refractivity contribution in [2.24, 2.45) is 0 Å². The van der Waals surface area contributed by atoms with Crippen molar-refractivity contribution < 1.29 is 13.9 Å². The smallest absolute Gasteiger partial charge is 0.251 e. The van der Waals surface area contributed by atoms with Gasteiger partial charge in [0.2, 0.25) is 0 Å². The zero-order valence-electron chi connectivity index (χ0n) is 13.4. The predicted molar refractivity (Wildman–Crippen MR) is 94.5 cm³/mol. The maximum Gasteiger partial charge on any atom is 0.251 e. The van der Waals surface area contributed by atoms with Gasteiger partial charge in [-0.25, -0.2) is 4.39 Å². The summed E-state index contributed by atoms with van der Waals surface area (Å²) in [6, 6.07) is 9.43. The van der Waals surface area contributed by atoms with Gasteiger partial charge in [0.15, 0.2) is 0 Å². The number of nitrogens with one attached hydrogen (secondary N) is 1. The van der Waals surface area contributed by atoms with Crippen LogP contribution in [0.4, 0.5) is 10.1 Å². The van der Waals surface area contributed by atoms with Crippen LogP contribution < -0.4 is 15.8 Å². The second-order valence-electron chi connectivity index (χ2n) is 6.52. The van der Waals surface area contributed by atoms with Gasteiger partial charge in [-0.05, 0) is 66.2 Å². The highest BCUT2D eigenvalue weighted by Crippen LogP contribution is 2.40. The number of carbonyl (C=O) groups is 1. The molecular formula is C18H18BrFN2O2. The molecule has 0 radical (unpaired) electrons. The molecular weight excluding hydrogens is 375 g/mol. The summed E-state index contributed by atoms with van der Waals surface area (Å²) in [6.07, 6.45) is 0.591. The average molecular weight is 393 g/mol. The highest BCUT2D eigenvalue weighted by molar-refractivity contribution is 9.10. The molecule has 0 spiro atoms. The number of benzene rings is 2. The van der Waals surface area contributed by atoms with E-state index in [9.17, 15) is 9.18 Å². The summed E-state index contributed by atoms with van der Waals surface area (Å²) in [7, 11) is 0. The van der Waals surface area contributed by atoms with Crippen molar-refractivity contribution in [2.45, 2.75) is 31.9 Å². The first kappa shape index (κ1) is 16.8. The highest BCUT2D eigenvalue weighted by Gasteiger charge is 2.34. The number of nitrogen functional groups attached to an aromatic ring is 1. The van der Waals surface area contributed by atoms with Crippen LogP contribution in [0.25, 0.3) is 0 Å². The van der Waals surface area contributed by atoms with Crippen molar-refractivity contribution in [1.29, 1.82) is 0 Å². The molecule has 0 saturated heterocycles. The first-order valence-electron chi connectivity index (χ1n) is 7.59. The van der Waals surface area contributed by atoms with Crippen molar-refractivity contribution in [3.8, 4) is 5.75 Å². The van der Waals surface area contributed by atoms with Crippen LogP contribution in [0.5, 0.6) is 5.75 Å². The molecule has 1 heterocycles. The van der Waals surface area contributed by atoms with Crippen molar-refractivity contribution in [2.75, 3.05) is 5.73 Å². The van der Waals surface area contributed by atoms with Crippen molar-refractivity contribution in [3.05, 3.63) is 57.8 Å². The second-order valence-corrected chi connectivity index (χ2v) is 7.37. The first-order valence-corrected chi connectivity index (χ1v) is 8.39. The summed E-state index contributed by atoms with van der Waals surface area (Å²) in [6.45, 7) is 3.93. The Hall–Kier alpha value is -2.08. The van der Waals surface area contributed by atoms with Gasteiger partial charge in [-0.2, -0.15) is 0 Å². The summed E-state index contributed by atoms with van der Waals surface area (Å²) in [5.41, 5.74) is 7.15. The van der Waals surface area contributed by atoms with Gasteiger partial charge in [0.25, 0.3) is 5.91 Å². The summed E-state index contributed by atoms with van der Waals surface area (Å²) in [4.78, 5) is 12.5. The Bertz CT molecular complexity index is 808. The summed E-state index contributed by atoms with van der Waals surface area (Å²) in [5, 5.41) is 2.96. The number of carbonyl (C=O) groups excluding carboxylic acids is 1. The van der Waals surface area contributed by atoms with E-state index in [-0.39, 0.29) is 17.5 Å². The second kappa shape index (κ2) is 6.09. The van der Waals surface area contributed by atoms with E-state index in [4.69, 9.17) is 10.5 Å². The van der Waals surface area contributed by atoms with Crippen LogP contribution in [-0.4, -0.2) is 11.5 Å². The Morgan fingerprint density at radius 2 is 2.08 bits per heavy atom. The molecule has 0 fully saturated rings. The highest BCUT2D eigenvalue weighted by atomic mass is 79.9. The van der Waals surface area contributed by atoms with E-state index >= 15 is 0 Å². The largest absolute Gasteiger partial charge is 0.487 e. The van der Waals surface area contributed by atoms with E-state index in [1.807, 2.05) is 19.9 Å². The van der Waals surface area contributed by atoms with E-state index in [0.29, 0.717) is 22.3 Å². The van der Waals surface area contributed by atoms with E-state index in [2.05, 4.69) is 21.2 Å². The number of hydrogen-bond donors (Lipinski definition) is 2. The molecule has 4 nitrogen and oxygen atoms in total. The molecule has 0 bridgehead atoms. The lowest BCUT2D eigenvalue weighted by atomic mass is 9.89. The van der Waals surface area contributed by atoms with E-state index in [0.717, 1.165) is 5.56 Å². The lowest BCUT2D eigenvalue weighted by Crippen LogP contribution is -2.41. The monoisotopic (exact) mass is 392 g/mol. The van der Waals surface area contributed by atoms with E-state index < -0.39 is 11.4 Å². The normalized spacial score (nSPS) is 18.4. The van der Waals surface area contributed by atoms with E-state index in [1.54, 1.807) is 18.2 Å². The number of amides is 1. The molecule has 6 heteroatoms. The minimum Gasteiger partial charge on any atom is -0.487 e. The molecule has 1 aliphatic heterocycles. The molecule has 126 valence electrons. The first-order chi connectivity index (χ1) is 11.2. The van der Waals surface area contributed by atoms with Crippen molar-refractivity contribution in [3.63, 3.8) is 0 Å². The minimum atomic E-state index is -0.473. The molecule has 3 N–H and O–H groups in total. The van der Waals surface area contributed by atoms with Gasteiger partial charge in [-0.1, -0.05) is 0 Å². The van der Waals surface area contributed by atoms with Crippen LogP contribution in [0.3, 0.4) is 0 Å². The van der Waals surface area contributed by atoms with Gasteiger partial charge in [-0.3, -0.25) is 4.79 Å². The molecule has 1 atom stereocenters. The fourth-order valence-electron chi connectivity index (χ4n) is 2.88. The van der Waals surface area contributed by atoms with Gasteiger partial charge >= 0.3 is 0 Å². The quantitative estimate of drug-likeness (QED) is 0.752. The van der Waals surface area contributed by atoms with Gasteiger partial charge in [0.1, 0.15) is 17.2 Å². The Balaban J connectivity index is 1.90. The summed E-state index contributed by atoms with van der Waals surface area (Å²) >= 11 is 3.08. The molecule has 0 saturated carbocycles. The van der Waals surface area contributed by atoms with Crippen LogP contribution >= 0.6 is 15.9 Å². The third-order valence-corrected chi connectivity index (χ3v) is 4.62. The lowest BCUT2D eigenvalue weighted by molar-refractivity contribution is 0.0620. The number of rotatable bonds is 2. The summed E-state index contributed by atoms with van der Waals surface area (Å²) < 4.78 is 19.9. The molecule has 1 amide bonds. The fourth-order valence-corrected chi connectivity index (χ4v) is 3.13. The number of nitrogens with two attached hydrogens (primary N) is 1. The molecule has 24 heavy (non-hydrogen) atoms. The number of anilines is 1. The zero-order valence-corrected chi connectivity index (χ0v) is 15.0. The Morgan fingerprint density at radius 3 is 2.79 bits per heavy atom. The Labute approximate surface area is 148 Å². The van der Waals surface area contributed by atoms with Crippen LogP contribution in [0.1, 0.15) is 42.2 Å². The van der Waals surface area contributed by atoms with Crippen LogP contribution in [0.15, 0.2) is 40.9 Å². The molecule has 2 aromatic carbocycles. The van der Waals surface area contributed by atoms with Gasteiger partial charge in [0, 0.05) is 23.2 Å². The van der Waals surface area contributed by atoms with Crippen molar-refractivity contribution >= 4 is 27.5 Å². The van der Waals surface area contributed by atoms with Crippen LogP contribution in [0.2, 0.25) is 0 Å². The molecule has 1 unspecified atom stereocenters. The Morgan fingerprint density at radius 1 is 1.33 bits per heavy atom. The molecule has 0 aliphatic carbocycles. The standard InChI is InChI=1S/C18H18BrFN2O2/c1-18(2)9-15(12-8-11(21)4-6-16(12)24-18)22-17(23)10-3-5-13(19)14(20)7-10/h3-8,15H,9,21H2,1-2H3,(H,22,23). The fraction of sp³-hybridized carbons (Fsp3) is 0.278. The van der Waals surface area contributed by atoms with Gasteiger partial charge < -0.3 is 15.8 Å². The molecule has 1 aliphatic rings. The predicted octanol–water partition coefficient (Wildman–Crippen LogP) is 4.20. The maximum atomic E-state index is 13.7. The van der Waals surface area contributed by atoms with Crippen LogP contribution in [0, 0.1) is 5.82 Å².